The van der Waals surface area contributed by atoms with Crippen LogP contribution >= 0.6 is 0 Å². The molecule has 13 nitrogen and oxygen atoms in total. The first-order valence-corrected chi connectivity index (χ1v) is 19.5. The Kier molecular flexibility index (Phi) is 10.8. The molecule has 1 aliphatic heterocycles. The van der Waals surface area contributed by atoms with Crippen LogP contribution in [-0.2, 0) is 33.8 Å². The number of nitrogens with one attached hydrogen (secondary N) is 2. The molecular formula is C40H49N7O6S. The van der Waals surface area contributed by atoms with Gasteiger partial charge in [0.15, 0.2) is 5.65 Å². The van der Waals surface area contributed by atoms with E-state index in [-0.39, 0.29) is 52.1 Å². The van der Waals surface area contributed by atoms with Crippen LogP contribution in [0.2, 0.25) is 0 Å². The Bertz CT molecular complexity index is 2280. The summed E-state index contributed by atoms with van der Waals surface area (Å²) >= 11 is 0. The second kappa shape index (κ2) is 15.1. The normalized spacial score (nSPS) is 16.4. The van der Waals surface area contributed by atoms with Gasteiger partial charge >= 0.3 is 5.97 Å². The van der Waals surface area contributed by atoms with Crippen molar-refractivity contribution in [1.29, 1.82) is 0 Å². The standard InChI is InChI=1S/C40H49N7O6S/c1-24-11-9-12-25(2)35(24)31-20-34(45-38(44-31)46-54(50,51)30-14-10-13-26(17-30)37(48)49)52-23-27(18-29-15-16-40(6,7)53-29)41-21-28-22-42-32-19-33(39(3,4)5)47(8)36(32)43-28/h9-14,17,19-20,22,27,29,41H,15-16,18,21,23H2,1-8H3,(H,48,49)(H,44,45,46)/t27?,29-/m1/s1. The minimum absolute atomic E-state index is 0.0106. The lowest BCUT2D eigenvalue weighted by Gasteiger charge is -2.24. The summed E-state index contributed by atoms with van der Waals surface area (Å²) in [6, 6.07) is 14.5. The first-order valence-electron chi connectivity index (χ1n) is 18.1. The van der Waals surface area contributed by atoms with Crippen LogP contribution in [0.5, 0.6) is 5.88 Å². The molecule has 286 valence electrons. The van der Waals surface area contributed by atoms with E-state index in [0.29, 0.717) is 18.7 Å². The van der Waals surface area contributed by atoms with Crippen LogP contribution in [0.3, 0.4) is 0 Å². The van der Waals surface area contributed by atoms with Crippen LogP contribution in [0.1, 0.15) is 86.8 Å². The van der Waals surface area contributed by atoms with Crippen molar-refractivity contribution in [1.82, 2.24) is 29.8 Å². The number of carboxylic acids is 1. The molecule has 6 rings (SSSR count). The molecule has 5 aromatic rings. The summed E-state index contributed by atoms with van der Waals surface area (Å²) in [5.74, 6) is -1.29. The molecule has 54 heavy (non-hydrogen) atoms. The maximum atomic E-state index is 13.5. The van der Waals surface area contributed by atoms with Crippen LogP contribution in [0.15, 0.2) is 65.7 Å². The van der Waals surface area contributed by atoms with Gasteiger partial charge in [0.1, 0.15) is 12.1 Å². The van der Waals surface area contributed by atoms with Crippen LogP contribution in [0.4, 0.5) is 5.95 Å². The van der Waals surface area contributed by atoms with Gasteiger partial charge in [-0.05, 0) is 82.3 Å². The van der Waals surface area contributed by atoms with Gasteiger partial charge in [-0.25, -0.2) is 27.9 Å². The third-order valence-electron chi connectivity index (χ3n) is 9.71. The first-order chi connectivity index (χ1) is 25.4. The van der Waals surface area contributed by atoms with E-state index in [4.69, 9.17) is 19.4 Å². The number of carboxylic acid groups (broad SMARTS) is 1. The quantitative estimate of drug-likeness (QED) is 0.117. The molecule has 0 spiro atoms. The van der Waals surface area contributed by atoms with Gasteiger partial charge in [0.2, 0.25) is 11.8 Å². The van der Waals surface area contributed by atoms with E-state index in [1.807, 2.05) is 39.1 Å². The Morgan fingerprint density at radius 3 is 2.46 bits per heavy atom. The Morgan fingerprint density at radius 2 is 1.80 bits per heavy atom. The average Bonchev–Trinajstić information content (AvgIpc) is 3.62. The Balaban J connectivity index is 1.29. The summed E-state index contributed by atoms with van der Waals surface area (Å²) in [5, 5.41) is 13.1. The van der Waals surface area contributed by atoms with Gasteiger partial charge < -0.3 is 24.5 Å². The van der Waals surface area contributed by atoms with Gasteiger partial charge in [0, 0.05) is 42.4 Å². The zero-order chi connectivity index (χ0) is 39.0. The second-order valence-electron chi connectivity index (χ2n) is 15.7. The molecule has 0 aliphatic carbocycles. The molecule has 4 heterocycles. The Labute approximate surface area is 316 Å². The largest absolute Gasteiger partial charge is 0.478 e. The third-order valence-corrected chi connectivity index (χ3v) is 11.0. The molecule has 0 amide bonds. The topological polar surface area (TPSA) is 170 Å². The van der Waals surface area contributed by atoms with Crippen LogP contribution in [0, 0.1) is 13.8 Å². The van der Waals surface area contributed by atoms with Crippen molar-refractivity contribution in [2.24, 2.45) is 7.05 Å². The number of aromatic carboxylic acids is 1. The highest BCUT2D eigenvalue weighted by molar-refractivity contribution is 7.92. The van der Waals surface area contributed by atoms with Crippen molar-refractivity contribution in [2.75, 3.05) is 11.3 Å². The molecule has 1 saturated heterocycles. The van der Waals surface area contributed by atoms with Gasteiger partial charge in [-0.1, -0.05) is 45.0 Å². The van der Waals surface area contributed by atoms with Crippen molar-refractivity contribution in [3.05, 3.63) is 88.9 Å². The molecular weight excluding hydrogens is 707 g/mol. The lowest BCUT2D eigenvalue weighted by atomic mass is 9.92. The number of nitrogens with zero attached hydrogens (tertiary/aromatic N) is 5. The fourth-order valence-corrected chi connectivity index (χ4v) is 7.98. The molecule has 0 bridgehead atoms. The Hall–Kier alpha value is -4.92. The number of ether oxygens (including phenoxy) is 2. The van der Waals surface area contributed by atoms with Crippen LogP contribution in [-0.4, -0.2) is 68.4 Å². The summed E-state index contributed by atoms with van der Waals surface area (Å²) in [7, 11) is -2.25. The predicted molar refractivity (Wildman–Crippen MR) is 207 cm³/mol. The highest BCUT2D eigenvalue weighted by Gasteiger charge is 2.33. The van der Waals surface area contributed by atoms with Gasteiger partial charge in [0.05, 0.1) is 39.7 Å². The van der Waals surface area contributed by atoms with E-state index in [1.54, 1.807) is 12.3 Å². The van der Waals surface area contributed by atoms with Crippen molar-refractivity contribution in [2.45, 2.75) is 102 Å². The van der Waals surface area contributed by atoms with E-state index in [1.165, 1.54) is 18.2 Å². The van der Waals surface area contributed by atoms with Gasteiger partial charge in [-0.15, -0.1) is 0 Å². The van der Waals surface area contributed by atoms with Gasteiger partial charge in [0.25, 0.3) is 10.0 Å². The number of fused-ring (bicyclic) bond motifs is 1. The maximum Gasteiger partial charge on any atom is 0.335 e. The number of aromatic nitrogens is 5. The number of aryl methyl sites for hydroxylation is 3. The lowest BCUT2D eigenvalue weighted by molar-refractivity contribution is -0.0239. The summed E-state index contributed by atoms with van der Waals surface area (Å²) in [5.41, 5.74) is 6.32. The molecule has 3 N–H and O–H groups in total. The molecule has 1 fully saturated rings. The molecule has 3 aromatic heterocycles. The minimum Gasteiger partial charge on any atom is -0.478 e. The third kappa shape index (κ3) is 8.88. The second-order valence-corrected chi connectivity index (χ2v) is 17.4. The van der Waals surface area contributed by atoms with Crippen molar-refractivity contribution in [3.63, 3.8) is 0 Å². The summed E-state index contributed by atoms with van der Waals surface area (Å²) in [4.78, 5) is 30.1. The molecule has 0 radical (unpaired) electrons. The fraction of sp³-hybridized carbons (Fsp3) is 0.425. The lowest BCUT2D eigenvalue weighted by Crippen LogP contribution is -2.38. The number of carbonyl (C=O) groups is 1. The molecule has 1 unspecified atom stereocenters. The first kappa shape index (κ1) is 38.8. The molecule has 1 aliphatic rings. The maximum absolute atomic E-state index is 13.5. The highest BCUT2D eigenvalue weighted by Crippen LogP contribution is 2.33. The highest BCUT2D eigenvalue weighted by atomic mass is 32.2. The molecule has 2 aromatic carbocycles. The minimum atomic E-state index is -4.27. The zero-order valence-electron chi connectivity index (χ0n) is 32.1. The van der Waals surface area contributed by atoms with Gasteiger partial charge in [-0.3, -0.25) is 4.98 Å². The number of benzene rings is 2. The van der Waals surface area contributed by atoms with Crippen molar-refractivity contribution in [3.8, 4) is 17.1 Å². The number of sulfonamides is 1. The SMILES string of the molecule is Cc1cccc(C)c1-c1cc(OCC(C[C@H]2CCC(C)(C)O2)NCc2cnc3cc(C(C)(C)C)n(C)c3n2)nc(NS(=O)(=O)c2cccc(C(=O)O)c2)n1. The Morgan fingerprint density at radius 1 is 1.07 bits per heavy atom. The fourth-order valence-electron chi connectivity index (χ4n) is 6.99. The van der Waals surface area contributed by atoms with E-state index in [0.717, 1.165) is 58.2 Å². The molecule has 14 heteroatoms. The van der Waals surface area contributed by atoms with E-state index < -0.39 is 16.0 Å². The molecule has 0 saturated carbocycles. The smallest absolute Gasteiger partial charge is 0.335 e. The number of rotatable bonds is 13. The van der Waals surface area contributed by atoms with E-state index in [9.17, 15) is 18.3 Å². The van der Waals surface area contributed by atoms with Gasteiger partial charge in [-0.2, -0.15) is 4.98 Å². The molecule has 2 atom stereocenters. The summed E-state index contributed by atoms with van der Waals surface area (Å²) in [6.07, 6.45) is 4.32. The van der Waals surface area contributed by atoms with Crippen molar-refractivity contribution < 1.29 is 27.8 Å². The van der Waals surface area contributed by atoms with Crippen molar-refractivity contribution >= 4 is 33.1 Å². The van der Waals surface area contributed by atoms with E-state index in [2.05, 4.69) is 65.3 Å². The van der Waals surface area contributed by atoms with E-state index >= 15 is 0 Å². The average molecular weight is 756 g/mol. The van der Waals surface area contributed by atoms with Crippen LogP contribution in [0.25, 0.3) is 22.4 Å². The number of anilines is 1. The number of hydrogen-bond donors (Lipinski definition) is 3. The monoisotopic (exact) mass is 755 g/mol. The predicted octanol–water partition coefficient (Wildman–Crippen LogP) is 6.72. The van der Waals surface area contributed by atoms with Crippen LogP contribution < -0.4 is 14.8 Å². The zero-order valence-corrected chi connectivity index (χ0v) is 32.9. The number of hydrogen-bond acceptors (Lipinski definition) is 10. The summed E-state index contributed by atoms with van der Waals surface area (Å²) in [6.45, 7) is 15.2. The summed E-state index contributed by atoms with van der Waals surface area (Å²) < 4.78 is 44.3.